The summed E-state index contributed by atoms with van der Waals surface area (Å²) in [5, 5.41) is 4.29. The van der Waals surface area contributed by atoms with Crippen LogP contribution in [0, 0.1) is 5.92 Å². The zero-order valence-electron chi connectivity index (χ0n) is 10.3. The molecule has 0 amide bonds. The predicted octanol–water partition coefficient (Wildman–Crippen LogP) is 1.07. The molecule has 2 rings (SSSR count). The van der Waals surface area contributed by atoms with E-state index >= 15 is 0 Å². The molecule has 2 atom stereocenters. The average molecular weight is 222 g/mol. The van der Waals surface area contributed by atoms with Crippen molar-refractivity contribution in [3.05, 3.63) is 18.0 Å². The van der Waals surface area contributed by atoms with E-state index in [1.165, 1.54) is 12.0 Å². The van der Waals surface area contributed by atoms with Gasteiger partial charge in [0.25, 0.3) is 0 Å². The van der Waals surface area contributed by atoms with E-state index in [0.717, 1.165) is 26.2 Å². The highest BCUT2D eigenvalue weighted by atomic mass is 15.3. The highest BCUT2D eigenvalue weighted by Crippen LogP contribution is 2.17. The zero-order chi connectivity index (χ0) is 11.5. The second kappa shape index (κ2) is 4.97. The fourth-order valence-electron chi connectivity index (χ4n) is 2.23. The van der Waals surface area contributed by atoms with Gasteiger partial charge in [-0.15, -0.1) is 0 Å². The van der Waals surface area contributed by atoms with Crippen LogP contribution in [0.1, 0.15) is 25.8 Å². The SMILES string of the molecule is CCn1cc(CN2CCC(C)C(N)C2)cn1. The summed E-state index contributed by atoms with van der Waals surface area (Å²) in [4.78, 5) is 2.43. The lowest BCUT2D eigenvalue weighted by Crippen LogP contribution is -2.47. The van der Waals surface area contributed by atoms with E-state index in [1.807, 2.05) is 10.9 Å². The number of nitrogens with zero attached hydrogens (tertiary/aromatic N) is 3. The van der Waals surface area contributed by atoms with Crippen molar-refractivity contribution >= 4 is 0 Å². The van der Waals surface area contributed by atoms with E-state index in [4.69, 9.17) is 5.73 Å². The minimum Gasteiger partial charge on any atom is -0.326 e. The lowest BCUT2D eigenvalue weighted by Gasteiger charge is -2.34. The Morgan fingerprint density at radius 2 is 2.38 bits per heavy atom. The Kier molecular flexibility index (Phi) is 3.61. The van der Waals surface area contributed by atoms with E-state index < -0.39 is 0 Å². The van der Waals surface area contributed by atoms with Gasteiger partial charge in [0.15, 0.2) is 0 Å². The first-order chi connectivity index (χ1) is 7.69. The molecule has 0 bridgehead atoms. The van der Waals surface area contributed by atoms with Crippen LogP contribution < -0.4 is 5.73 Å². The molecule has 2 unspecified atom stereocenters. The molecule has 0 saturated carbocycles. The van der Waals surface area contributed by atoms with Gasteiger partial charge >= 0.3 is 0 Å². The van der Waals surface area contributed by atoms with Crippen molar-refractivity contribution in [2.45, 2.75) is 39.4 Å². The van der Waals surface area contributed by atoms with E-state index in [0.29, 0.717) is 12.0 Å². The summed E-state index contributed by atoms with van der Waals surface area (Å²) in [6, 6.07) is 0.329. The summed E-state index contributed by atoms with van der Waals surface area (Å²) in [5.41, 5.74) is 7.39. The van der Waals surface area contributed by atoms with Crippen LogP contribution in [0.5, 0.6) is 0 Å². The number of hydrogen-bond donors (Lipinski definition) is 1. The molecular weight excluding hydrogens is 200 g/mol. The quantitative estimate of drug-likeness (QED) is 0.832. The van der Waals surface area contributed by atoms with E-state index in [9.17, 15) is 0 Å². The summed E-state index contributed by atoms with van der Waals surface area (Å²) in [5.74, 6) is 0.662. The van der Waals surface area contributed by atoms with Gasteiger partial charge in [-0.2, -0.15) is 5.10 Å². The monoisotopic (exact) mass is 222 g/mol. The van der Waals surface area contributed by atoms with Crippen molar-refractivity contribution in [1.82, 2.24) is 14.7 Å². The number of aromatic nitrogens is 2. The number of hydrogen-bond acceptors (Lipinski definition) is 3. The maximum absolute atomic E-state index is 6.09. The largest absolute Gasteiger partial charge is 0.326 e. The first kappa shape index (κ1) is 11.6. The lowest BCUT2D eigenvalue weighted by molar-refractivity contribution is 0.162. The molecule has 4 nitrogen and oxygen atoms in total. The molecule has 1 aromatic rings. The maximum Gasteiger partial charge on any atom is 0.0534 e. The summed E-state index contributed by atoms with van der Waals surface area (Å²) < 4.78 is 1.97. The van der Waals surface area contributed by atoms with Gasteiger partial charge in [-0.1, -0.05) is 6.92 Å². The van der Waals surface area contributed by atoms with Crippen molar-refractivity contribution in [3.63, 3.8) is 0 Å². The number of rotatable bonds is 3. The van der Waals surface area contributed by atoms with Crippen LogP contribution in [0.2, 0.25) is 0 Å². The first-order valence-electron chi connectivity index (χ1n) is 6.18. The molecular formula is C12H22N4. The standard InChI is InChI=1S/C12H22N4/c1-3-16-8-11(6-14-16)7-15-5-4-10(2)12(13)9-15/h6,8,10,12H,3-5,7,9,13H2,1-2H3. The number of likely N-dealkylation sites (tertiary alicyclic amines) is 1. The molecule has 2 N–H and O–H groups in total. The lowest BCUT2D eigenvalue weighted by atomic mass is 9.94. The van der Waals surface area contributed by atoms with Crippen molar-refractivity contribution in [1.29, 1.82) is 0 Å². The Balaban J connectivity index is 1.90. The molecule has 0 aliphatic carbocycles. The zero-order valence-corrected chi connectivity index (χ0v) is 10.3. The van der Waals surface area contributed by atoms with Crippen LogP contribution in [-0.4, -0.2) is 33.8 Å². The van der Waals surface area contributed by atoms with Crippen molar-refractivity contribution < 1.29 is 0 Å². The van der Waals surface area contributed by atoms with Crippen molar-refractivity contribution in [2.24, 2.45) is 11.7 Å². The molecule has 1 aliphatic rings. The summed E-state index contributed by atoms with van der Waals surface area (Å²) >= 11 is 0. The second-order valence-electron chi connectivity index (χ2n) is 4.87. The predicted molar refractivity (Wildman–Crippen MR) is 64.9 cm³/mol. The molecule has 16 heavy (non-hydrogen) atoms. The number of piperidine rings is 1. The van der Waals surface area contributed by atoms with Gasteiger partial charge in [0, 0.05) is 37.4 Å². The van der Waals surface area contributed by atoms with E-state index in [1.54, 1.807) is 0 Å². The summed E-state index contributed by atoms with van der Waals surface area (Å²) in [6.07, 6.45) is 5.31. The normalized spacial score (nSPS) is 27.2. The van der Waals surface area contributed by atoms with Gasteiger partial charge in [0.05, 0.1) is 6.20 Å². The number of aryl methyl sites for hydroxylation is 1. The van der Waals surface area contributed by atoms with Crippen LogP contribution in [0.3, 0.4) is 0 Å². The Bertz CT molecular complexity index is 334. The van der Waals surface area contributed by atoms with E-state index in [2.05, 4.69) is 30.0 Å². The van der Waals surface area contributed by atoms with Gasteiger partial charge in [-0.3, -0.25) is 9.58 Å². The Morgan fingerprint density at radius 1 is 1.56 bits per heavy atom. The molecule has 0 aromatic carbocycles. The number of nitrogens with two attached hydrogens (primary N) is 1. The Labute approximate surface area is 97.4 Å². The van der Waals surface area contributed by atoms with Crippen LogP contribution in [0.15, 0.2) is 12.4 Å². The summed E-state index contributed by atoms with van der Waals surface area (Å²) in [7, 11) is 0. The van der Waals surface area contributed by atoms with Crippen LogP contribution >= 0.6 is 0 Å². The topological polar surface area (TPSA) is 47.1 Å². The van der Waals surface area contributed by atoms with Gasteiger partial charge in [0.1, 0.15) is 0 Å². The third-order valence-electron chi connectivity index (χ3n) is 3.52. The van der Waals surface area contributed by atoms with Crippen LogP contribution in [0.25, 0.3) is 0 Å². The highest BCUT2D eigenvalue weighted by Gasteiger charge is 2.23. The van der Waals surface area contributed by atoms with Gasteiger partial charge in [-0.25, -0.2) is 0 Å². The molecule has 1 aliphatic heterocycles. The third-order valence-corrected chi connectivity index (χ3v) is 3.52. The van der Waals surface area contributed by atoms with Crippen molar-refractivity contribution in [3.8, 4) is 0 Å². The van der Waals surface area contributed by atoms with Crippen molar-refractivity contribution in [2.75, 3.05) is 13.1 Å². The fourth-order valence-corrected chi connectivity index (χ4v) is 2.23. The van der Waals surface area contributed by atoms with E-state index in [-0.39, 0.29) is 0 Å². The Morgan fingerprint density at radius 3 is 3.00 bits per heavy atom. The van der Waals surface area contributed by atoms with Gasteiger partial charge in [0.2, 0.25) is 0 Å². The minimum absolute atomic E-state index is 0.329. The second-order valence-corrected chi connectivity index (χ2v) is 4.87. The molecule has 1 aromatic heterocycles. The molecule has 0 spiro atoms. The smallest absolute Gasteiger partial charge is 0.0534 e. The third kappa shape index (κ3) is 2.62. The highest BCUT2D eigenvalue weighted by molar-refractivity contribution is 5.04. The first-order valence-corrected chi connectivity index (χ1v) is 6.18. The summed E-state index contributed by atoms with van der Waals surface area (Å²) in [6.45, 7) is 8.45. The molecule has 2 heterocycles. The fraction of sp³-hybridized carbons (Fsp3) is 0.750. The molecule has 0 radical (unpaired) electrons. The van der Waals surface area contributed by atoms with Crippen LogP contribution in [0.4, 0.5) is 0 Å². The molecule has 1 saturated heterocycles. The maximum atomic E-state index is 6.09. The average Bonchev–Trinajstić information content (AvgIpc) is 2.71. The molecule has 4 heteroatoms. The minimum atomic E-state index is 0.329. The van der Waals surface area contributed by atoms with Crippen LogP contribution in [-0.2, 0) is 13.1 Å². The Hall–Kier alpha value is -0.870. The van der Waals surface area contributed by atoms with Gasteiger partial charge < -0.3 is 5.73 Å². The molecule has 90 valence electrons. The molecule has 1 fully saturated rings. The van der Waals surface area contributed by atoms with Gasteiger partial charge in [-0.05, 0) is 25.8 Å².